The molecule has 0 saturated carbocycles. The van der Waals surface area contributed by atoms with Crippen molar-refractivity contribution < 1.29 is 32.2 Å². The van der Waals surface area contributed by atoms with Crippen LogP contribution in [0.15, 0.2) is 42.5 Å². The van der Waals surface area contributed by atoms with Crippen molar-refractivity contribution in [1.29, 1.82) is 0 Å². The largest absolute Gasteiger partial charge is 0.485 e. The van der Waals surface area contributed by atoms with Crippen molar-refractivity contribution >= 4 is 33.3 Å². The van der Waals surface area contributed by atoms with Gasteiger partial charge in [-0.15, -0.1) is 0 Å². The van der Waals surface area contributed by atoms with Gasteiger partial charge in [0, 0.05) is 25.2 Å². The number of hydrogen-bond acceptors (Lipinski definition) is 6. The molecule has 36 heavy (non-hydrogen) atoms. The lowest BCUT2D eigenvalue weighted by molar-refractivity contribution is 0.0373. The molecule has 0 bridgehead atoms. The molecule has 12 heteroatoms. The number of nitrogens with zero attached hydrogens (tertiary/aromatic N) is 2. The highest BCUT2D eigenvalue weighted by molar-refractivity contribution is 7.92. The van der Waals surface area contributed by atoms with E-state index in [1.807, 2.05) is 6.92 Å². The van der Waals surface area contributed by atoms with Crippen molar-refractivity contribution in [2.24, 2.45) is 5.92 Å². The summed E-state index contributed by atoms with van der Waals surface area (Å²) < 4.78 is 45.7. The molecule has 0 fully saturated rings. The van der Waals surface area contributed by atoms with Gasteiger partial charge >= 0.3 is 6.03 Å². The number of fused-ring (bicyclic) bond motifs is 1. The number of amides is 3. The van der Waals surface area contributed by atoms with E-state index in [1.165, 1.54) is 52.3 Å². The molecule has 10 nitrogen and oxygen atoms in total. The van der Waals surface area contributed by atoms with E-state index in [0.717, 1.165) is 6.26 Å². The lowest BCUT2D eigenvalue weighted by atomic mass is 9.99. The van der Waals surface area contributed by atoms with Gasteiger partial charge in [0.1, 0.15) is 11.9 Å². The predicted molar refractivity (Wildman–Crippen MR) is 134 cm³/mol. The van der Waals surface area contributed by atoms with E-state index in [9.17, 15) is 27.5 Å². The number of rotatable bonds is 7. The Labute approximate surface area is 210 Å². The van der Waals surface area contributed by atoms with Gasteiger partial charge in [-0.25, -0.2) is 17.6 Å². The molecule has 0 aromatic heterocycles. The molecule has 0 aliphatic carbocycles. The second-order valence-electron chi connectivity index (χ2n) is 9.00. The highest BCUT2D eigenvalue weighted by atomic mass is 32.2. The summed E-state index contributed by atoms with van der Waals surface area (Å²) in [6, 6.07) is 8.94. The van der Waals surface area contributed by atoms with E-state index in [4.69, 9.17) is 4.74 Å². The number of carbonyl (C=O) groups is 2. The molecule has 2 aromatic carbocycles. The first-order chi connectivity index (χ1) is 16.9. The SMILES string of the molecule is C[C@H](CO)N1C[C@H](C)[C@H](CN(C)C(=O)Nc2ccc(F)cc2)Oc2c(NS(C)(=O)=O)cccc2C1=O. The molecule has 3 rings (SSSR count). The highest BCUT2D eigenvalue weighted by Crippen LogP contribution is 2.35. The number of nitrogens with one attached hydrogen (secondary N) is 2. The number of ether oxygens (including phenoxy) is 1. The van der Waals surface area contributed by atoms with Crippen LogP contribution < -0.4 is 14.8 Å². The fourth-order valence-corrected chi connectivity index (χ4v) is 4.41. The summed E-state index contributed by atoms with van der Waals surface area (Å²) >= 11 is 0. The Morgan fingerprint density at radius 2 is 1.94 bits per heavy atom. The summed E-state index contributed by atoms with van der Waals surface area (Å²) in [5.41, 5.74) is 0.648. The summed E-state index contributed by atoms with van der Waals surface area (Å²) in [5.74, 6) is -1.08. The Morgan fingerprint density at radius 1 is 1.28 bits per heavy atom. The molecular weight excluding hydrogens is 491 g/mol. The van der Waals surface area contributed by atoms with Crippen molar-refractivity contribution in [3.8, 4) is 5.75 Å². The molecule has 3 N–H and O–H groups in total. The lowest BCUT2D eigenvalue weighted by Crippen LogP contribution is -2.50. The normalized spacial score (nSPS) is 18.8. The number of carbonyl (C=O) groups excluding carboxylic acids is 2. The average molecular weight is 523 g/mol. The van der Waals surface area contributed by atoms with Crippen LogP contribution in [0.3, 0.4) is 0 Å². The zero-order valence-electron chi connectivity index (χ0n) is 20.6. The minimum atomic E-state index is -3.68. The maximum absolute atomic E-state index is 13.4. The first kappa shape index (κ1) is 27.2. The fourth-order valence-electron chi connectivity index (χ4n) is 3.85. The van der Waals surface area contributed by atoms with Crippen LogP contribution in [0, 0.1) is 11.7 Å². The second-order valence-corrected chi connectivity index (χ2v) is 10.7. The standard InChI is InChI=1S/C24H31FN4O6S/c1-15-12-29(16(2)14-30)23(31)19-6-5-7-20(27-36(4,33)34)22(19)35-21(15)13-28(3)24(32)26-18-10-8-17(25)9-11-18/h5-11,15-16,21,27,30H,12-14H2,1-4H3,(H,26,32)/t15-,16+,21-/m0/s1. The maximum atomic E-state index is 13.4. The van der Waals surface area contributed by atoms with Crippen LogP contribution in [-0.4, -0.2) is 80.4 Å². The van der Waals surface area contributed by atoms with Gasteiger partial charge in [0.25, 0.3) is 5.91 Å². The van der Waals surface area contributed by atoms with Crippen LogP contribution in [0.2, 0.25) is 0 Å². The third-order valence-electron chi connectivity index (χ3n) is 5.88. The van der Waals surface area contributed by atoms with Crippen LogP contribution >= 0.6 is 0 Å². The van der Waals surface area contributed by atoms with Crippen LogP contribution in [-0.2, 0) is 10.0 Å². The average Bonchev–Trinajstić information content (AvgIpc) is 2.81. The fraction of sp³-hybridized carbons (Fsp3) is 0.417. The van der Waals surface area contributed by atoms with Gasteiger partial charge in [-0.3, -0.25) is 9.52 Å². The minimum absolute atomic E-state index is 0.0481. The van der Waals surface area contributed by atoms with E-state index in [2.05, 4.69) is 10.0 Å². The van der Waals surface area contributed by atoms with Gasteiger partial charge in [-0.2, -0.15) is 0 Å². The molecule has 0 unspecified atom stereocenters. The number of urea groups is 1. The van der Waals surface area contributed by atoms with E-state index >= 15 is 0 Å². The Hall–Kier alpha value is -3.38. The molecule has 1 heterocycles. The molecule has 2 aromatic rings. The van der Waals surface area contributed by atoms with Crippen LogP contribution in [0.1, 0.15) is 24.2 Å². The van der Waals surface area contributed by atoms with Crippen molar-refractivity contribution in [3.63, 3.8) is 0 Å². The van der Waals surface area contributed by atoms with Gasteiger partial charge < -0.3 is 25.0 Å². The van der Waals surface area contributed by atoms with Crippen LogP contribution in [0.25, 0.3) is 0 Å². The Morgan fingerprint density at radius 3 is 2.56 bits per heavy atom. The van der Waals surface area contributed by atoms with Gasteiger partial charge in [0.15, 0.2) is 5.75 Å². The zero-order valence-corrected chi connectivity index (χ0v) is 21.4. The van der Waals surface area contributed by atoms with Gasteiger partial charge in [-0.05, 0) is 43.3 Å². The smallest absolute Gasteiger partial charge is 0.321 e. The van der Waals surface area contributed by atoms with Crippen molar-refractivity contribution in [3.05, 3.63) is 53.8 Å². The van der Waals surface area contributed by atoms with Crippen molar-refractivity contribution in [2.45, 2.75) is 26.0 Å². The van der Waals surface area contributed by atoms with E-state index in [-0.39, 0.29) is 42.6 Å². The summed E-state index contributed by atoms with van der Waals surface area (Å²) in [7, 11) is -2.12. The van der Waals surface area contributed by atoms with Crippen LogP contribution in [0.5, 0.6) is 5.75 Å². The number of para-hydroxylation sites is 1. The van der Waals surface area contributed by atoms with Gasteiger partial charge in [0.2, 0.25) is 10.0 Å². The third-order valence-corrected chi connectivity index (χ3v) is 6.47. The summed E-state index contributed by atoms with van der Waals surface area (Å²) in [5, 5.41) is 12.4. The number of anilines is 2. The first-order valence-corrected chi connectivity index (χ1v) is 13.3. The number of aliphatic hydroxyl groups excluding tert-OH is 1. The van der Waals surface area contributed by atoms with Crippen molar-refractivity contribution in [1.82, 2.24) is 9.80 Å². The zero-order chi connectivity index (χ0) is 26.6. The molecule has 0 radical (unpaired) electrons. The maximum Gasteiger partial charge on any atom is 0.321 e. The summed E-state index contributed by atoms with van der Waals surface area (Å²) in [6.45, 7) is 3.62. The summed E-state index contributed by atoms with van der Waals surface area (Å²) in [4.78, 5) is 29.1. The molecule has 3 amide bonds. The first-order valence-electron chi connectivity index (χ1n) is 11.4. The Bertz CT molecular complexity index is 1210. The van der Waals surface area contributed by atoms with Crippen molar-refractivity contribution in [2.75, 3.05) is 43.0 Å². The number of benzene rings is 2. The van der Waals surface area contributed by atoms with E-state index < -0.39 is 39.9 Å². The number of sulfonamides is 1. The lowest BCUT2D eigenvalue weighted by Gasteiger charge is -2.38. The molecule has 3 atom stereocenters. The Kier molecular flexibility index (Phi) is 8.41. The number of aliphatic hydroxyl groups is 1. The molecule has 196 valence electrons. The molecule has 1 aliphatic heterocycles. The minimum Gasteiger partial charge on any atom is -0.485 e. The highest BCUT2D eigenvalue weighted by Gasteiger charge is 2.35. The molecular formula is C24H31FN4O6S. The number of hydrogen-bond donors (Lipinski definition) is 3. The third kappa shape index (κ3) is 6.64. The molecule has 0 saturated heterocycles. The van der Waals surface area contributed by atoms with Crippen LogP contribution in [0.4, 0.5) is 20.6 Å². The number of halogens is 1. The van der Waals surface area contributed by atoms with Gasteiger partial charge in [0.05, 0.1) is 36.7 Å². The van der Waals surface area contributed by atoms with E-state index in [0.29, 0.717) is 5.69 Å². The second kappa shape index (κ2) is 11.1. The van der Waals surface area contributed by atoms with E-state index in [1.54, 1.807) is 14.0 Å². The van der Waals surface area contributed by atoms with Gasteiger partial charge in [-0.1, -0.05) is 13.0 Å². The quantitative estimate of drug-likeness (QED) is 0.513. The molecule has 0 spiro atoms. The number of likely N-dealkylation sites (N-methyl/N-ethyl adjacent to an activating group) is 1. The molecule has 1 aliphatic rings. The topological polar surface area (TPSA) is 128 Å². The Balaban J connectivity index is 1.93. The monoisotopic (exact) mass is 522 g/mol. The summed E-state index contributed by atoms with van der Waals surface area (Å²) in [6.07, 6.45) is 0.349. The predicted octanol–water partition coefficient (Wildman–Crippen LogP) is 2.58.